The summed E-state index contributed by atoms with van der Waals surface area (Å²) in [5.74, 6) is -0.648. The van der Waals surface area contributed by atoms with Crippen molar-refractivity contribution in [3.63, 3.8) is 0 Å². The average molecular weight is 460 g/mol. The minimum atomic E-state index is -0.663. The number of nitrogens with one attached hydrogen (secondary N) is 1. The van der Waals surface area contributed by atoms with Gasteiger partial charge in [-0.15, -0.1) is 0 Å². The normalized spacial score (nSPS) is 11.1. The second kappa shape index (κ2) is 9.70. The van der Waals surface area contributed by atoms with Crippen LogP contribution >= 0.6 is 0 Å². The highest BCUT2D eigenvalue weighted by Gasteiger charge is 2.21. The SMILES string of the molecule is CCC(=O)Nc1ccc(C(=O)COC(=O)c2cc(-c3ccco3)nc3c2cnn3C(C)C)cc1. The van der Waals surface area contributed by atoms with Gasteiger partial charge in [0.15, 0.2) is 23.8 Å². The third-order valence-corrected chi connectivity index (χ3v) is 5.20. The van der Waals surface area contributed by atoms with Gasteiger partial charge in [-0.3, -0.25) is 9.59 Å². The summed E-state index contributed by atoms with van der Waals surface area (Å²) in [6.45, 7) is 5.24. The molecule has 1 amide bonds. The Balaban J connectivity index is 1.55. The van der Waals surface area contributed by atoms with Gasteiger partial charge in [0.25, 0.3) is 0 Å². The Morgan fingerprint density at radius 2 is 1.91 bits per heavy atom. The van der Waals surface area contributed by atoms with E-state index in [1.165, 1.54) is 6.26 Å². The molecule has 0 radical (unpaired) electrons. The van der Waals surface area contributed by atoms with Gasteiger partial charge >= 0.3 is 5.97 Å². The number of amides is 1. The fourth-order valence-corrected chi connectivity index (χ4v) is 3.40. The Morgan fingerprint density at radius 3 is 2.56 bits per heavy atom. The van der Waals surface area contributed by atoms with Crippen LogP contribution in [0, 0.1) is 0 Å². The molecule has 3 heterocycles. The molecule has 3 aromatic heterocycles. The molecule has 0 bridgehead atoms. The van der Waals surface area contributed by atoms with Crippen LogP contribution in [-0.2, 0) is 9.53 Å². The molecular weight excluding hydrogens is 436 g/mol. The fourth-order valence-electron chi connectivity index (χ4n) is 3.40. The van der Waals surface area contributed by atoms with Crippen molar-refractivity contribution in [1.29, 1.82) is 0 Å². The monoisotopic (exact) mass is 460 g/mol. The zero-order valence-electron chi connectivity index (χ0n) is 19.1. The quantitative estimate of drug-likeness (QED) is 0.300. The van der Waals surface area contributed by atoms with Crippen molar-refractivity contribution in [3.8, 4) is 11.5 Å². The van der Waals surface area contributed by atoms with Crippen LogP contribution in [0.1, 0.15) is 53.9 Å². The number of esters is 1. The molecule has 0 aliphatic heterocycles. The minimum Gasteiger partial charge on any atom is -0.463 e. The number of Topliss-reactive ketones (excluding diaryl/α,β-unsaturated/α-hetero) is 1. The van der Waals surface area contributed by atoms with Crippen molar-refractivity contribution in [2.75, 3.05) is 11.9 Å². The zero-order chi connectivity index (χ0) is 24.2. The number of nitrogens with zero attached hydrogens (tertiary/aromatic N) is 3. The van der Waals surface area contributed by atoms with Crippen LogP contribution in [0.5, 0.6) is 0 Å². The third-order valence-electron chi connectivity index (χ3n) is 5.20. The zero-order valence-corrected chi connectivity index (χ0v) is 19.1. The molecule has 1 N–H and O–H groups in total. The van der Waals surface area contributed by atoms with Crippen molar-refractivity contribution in [3.05, 3.63) is 66.1 Å². The molecule has 0 fully saturated rings. The van der Waals surface area contributed by atoms with Crippen molar-refractivity contribution >= 4 is 34.4 Å². The van der Waals surface area contributed by atoms with Gasteiger partial charge < -0.3 is 14.5 Å². The van der Waals surface area contributed by atoms with Crippen LogP contribution in [0.2, 0.25) is 0 Å². The Labute approximate surface area is 195 Å². The Bertz CT molecular complexity index is 1340. The summed E-state index contributed by atoms with van der Waals surface area (Å²) in [5.41, 5.74) is 2.18. The first-order chi connectivity index (χ1) is 16.4. The maximum absolute atomic E-state index is 13.0. The number of carbonyl (C=O) groups excluding carboxylic acids is 3. The topological polar surface area (TPSA) is 116 Å². The first kappa shape index (κ1) is 22.9. The van der Waals surface area contributed by atoms with E-state index in [1.807, 2.05) is 13.8 Å². The number of anilines is 1. The highest BCUT2D eigenvalue weighted by Crippen LogP contribution is 2.27. The molecule has 0 atom stereocenters. The second-order valence-corrected chi connectivity index (χ2v) is 7.93. The van der Waals surface area contributed by atoms with E-state index in [1.54, 1.807) is 60.3 Å². The maximum Gasteiger partial charge on any atom is 0.339 e. The number of benzene rings is 1. The highest BCUT2D eigenvalue weighted by atomic mass is 16.5. The number of aromatic nitrogens is 3. The van der Waals surface area contributed by atoms with E-state index in [0.29, 0.717) is 40.2 Å². The van der Waals surface area contributed by atoms with Gasteiger partial charge in [-0.1, -0.05) is 6.92 Å². The summed E-state index contributed by atoms with van der Waals surface area (Å²) < 4.78 is 12.5. The van der Waals surface area contributed by atoms with Crippen LogP contribution in [0.25, 0.3) is 22.5 Å². The van der Waals surface area contributed by atoms with Gasteiger partial charge in [-0.05, 0) is 56.3 Å². The van der Waals surface area contributed by atoms with E-state index < -0.39 is 12.6 Å². The number of rotatable bonds is 8. The molecule has 0 aliphatic carbocycles. The predicted octanol–water partition coefficient (Wildman–Crippen LogP) is 4.66. The summed E-state index contributed by atoms with van der Waals surface area (Å²) in [6, 6.07) is 11.5. The van der Waals surface area contributed by atoms with Crippen LogP contribution in [0.15, 0.2) is 59.3 Å². The standard InChI is InChI=1S/C25H24N4O5/c1-4-23(31)27-17-9-7-16(8-10-17)21(30)14-34-25(32)18-12-20(22-6-5-11-33-22)28-24-19(18)13-26-29(24)15(2)3/h5-13,15H,4,14H2,1-3H3,(H,27,31). The lowest BCUT2D eigenvalue weighted by atomic mass is 10.1. The van der Waals surface area contributed by atoms with Crippen molar-refractivity contribution in [2.45, 2.75) is 33.2 Å². The molecule has 0 spiro atoms. The minimum absolute atomic E-state index is 0.0207. The molecule has 0 saturated carbocycles. The molecule has 4 rings (SSSR count). The van der Waals surface area contributed by atoms with E-state index >= 15 is 0 Å². The van der Waals surface area contributed by atoms with Crippen molar-refractivity contribution in [1.82, 2.24) is 14.8 Å². The summed E-state index contributed by atoms with van der Waals surface area (Å²) in [4.78, 5) is 41.7. The number of hydrogen-bond acceptors (Lipinski definition) is 7. The number of pyridine rings is 1. The summed E-state index contributed by atoms with van der Waals surface area (Å²) in [7, 11) is 0. The average Bonchev–Trinajstić information content (AvgIpc) is 3.52. The van der Waals surface area contributed by atoms with Crippen LogP contribution in [0.4, 0.5) is 5.69 Å². The molecule has 174 valence electrons. The molecule has 9 nitrogen and oxygen atoms in total. The molecule has 9 heteroatoms. The lowest BCUT2D eigenvalue weighted by Gasteiger charge is -2.10. The molecule has 34 heavy (non-hydrogen) atoms. The number of fused-ring (bicyclic) bond motifs is 1. The van der Waals surface area contributed by atoms with Gasteiger partial charge in [0.2, 0.25) is 5.91 Å². The van der Waals surface area contributed by atoms with Gasteiger partial charge in [-0.2, -0.15) is 5.10 Å². The van der Waals surface area contributed by atoms with E-state index in [-0.39, 0.29) is 23.3 Å². The third kappa shape index (κ3) is 4.73. The lowest BCUT2D eigenvalue weighted by molar-refractivity contribution is -0.115. The number of furan rings is 1. The van der Waals surface area contributed by atoms with Crippen LogP contribution in [0.3, 0.4) is 0 Å². The number of ketones is 1. The van der Waals surface area contributed by atoms with Crippen molar-refractivity contribution in [2.24, 2.45) is 0 Å². The molecule has 0 saturated heterocycles. The first-order valence-corrected chi connectivity index (χ1v) is 10.9. The molecule has 4 aromatic rings. The van der Waals surface area contributed by atoms with E-state index in [2.05, 4.69) is 15.4 Å². The first-order valence-electron chi connectivity index (χ1n) is 10.9. The molecular formula is C25H24N4O5. The molecule has 0 aliphatic rings. The van der Waals surface area contributed by atoms with Gasteiger partial charge in [0.05, 0.1) is 23.4 Å². The van der Waals surface area contributed by atoms with E-state index in [9.17, 15) is 14.4 Å². The van der Waals surface area contributed by atoms with Crippen LogP contribution in [-0.4, -0.2) is 39.0 Å². The Morgan fingerprint density at radius 1 is 1.15 bits per heavy atom. The number of carbonyl (C=O) groups is 3. The summed E-state index contributed by atoms with van der Waals surface area (Å²) in [5, 5.41) is 7.60. The van der Waals surface area contributed by atoms with Gasteiger partial charge in [-0.25, -0.2) is 14.5 Å². The molecule has 0 unspecified atom stereocenters. The van der Waals surface area contributed by atoms with Gasteiger partial charge in [0.1, 0.15) is 5.69 Å². The Hall–Kier alpha value is -4.27. The Kier molecular flexibility index (Phi) is 6.53. The van der Waals surface area contributed by atoms with Crippen molar-refractivity contribution < 1.29 is 23.5 Å². The highest BCUT2D eigenvalue weighted by molar-refractivity contribution is 6.05. The van der Waals surface area contributed by atoms with E-state index in [0.717, 1.165) is 0 Å². The second-order valence-electron chi connectivity index (χ2n) is 7.93. The number of hydrogen-bond donors (Lipinski definition) is 1. The number of ether oxygens (including phenoxy) is 1. The summed E-state index contributed by atoms with van der Waals surface area (Å²) >= 11 is 0. The largest absolute Gasteiger partial charge is 0.463 e. The molecule has 1 aromatic carbocycles. The predicted molar refractivity (Wildman–Crippen MR) is 126 cm³/mol. The summed E-state index contributed by atoms with van der Waals surface area (Å²) in [6.07, 6.45) is 3.45. The maximum atomic E-state index is 13.0. The van der Waals surface area contributed by atoms with E-state index in [4.69, 9.17) is 9.15 Å². The van der Waals surface area contributed by atoms with Crippen LogP contribution < -0.4 is 5.32 Å². The smallest absolute Gasteiger partial charge is 0.339 e. The van der Waals surface area contributed by atoms with Gasteiger partial charge in [0, 0.05) is 23.7 Å². The lowest BCUT2D eigenvalue weighted by Crippen LogP contribution is -2.15. The fraction of sp³-hybridized carbons (Fsp3) is 0.240.